The Bertz CT molecular complexity index is 576. The van der Waals surface area contributed by atoms with Crippen LogP contribution in [0.1, 0.15) is 10.4 Å². The molecule has 0 fully saturated rings. The first kappa shape index (κ1) is 13.2. The number of thioether (sulfide) groups is 1. The molecule has 1 aromatic carbocycles. The van der Waals surface area contributed by atoms with Crippen molar-refractivity contribution in [3.05, 3.63) is 58.4 Å². The molecule has 0 saturated heterocycles. The minimum absolute atomic E-state index is 0.122. The van der Waals surface area contributed by atoms with Crippen LogP contribution < -0.4 is 0 Å². The highest BCUT2D eigenvalue weighted by Crippen LogP contribution is 2.25. The van der Waals surface area contributed by atoms with E-state index in [0.717, 1.165) is 9.50 Å². The summed E-state index contributed by atoms with van der Waals surface area (Å²) in [5, 5.41) is 0.724. The molecule has 0 aliphatic heterocycles. The molecular weight excluding hydrogens is 317 g/mol. The highest BCUT2D eigenvalue weighted by Gasteiger charge is 2.12. The highest BCUT2D eigenvalue weighted by atomic mass is 79.9. The van der Waals surface area contributed by atoms with Gasteiger partial charge in [0.2, 0.25) is 0 Å². The smallest absolute Gasteiger partial charge is 0.176 e. The van der Waals surface area contributed by atoms with Crippen LogP contribution in [-0.2, 0) is 0 Å². The van der Waals surface area contributed by atoms with Crippen LogP contribution in [-0.4, -0.2) is 16.5 Å². The Labute approximate surface area is 117 Å². The first-order chi connectivity index (χ1) is 8.68. The van der Waals surface area contributed by atoms with E-state index in [4.69, 9.17) is 0 Å². The largest absolute Gasteiger partial charge is 0.293 e. The molecule has 1 aromatic heterocycles. The van der Waals surface area contributed by atoms with Gasteiger partial charge in [-0.2, -0.15) is 0 Å². The lowest BCUT2D eigenvalue weighted by atomic mass is 10.1. The molecule has 18 heavy (non-hydrogen) atoms. The average molecular weight is 326 g/mol. The molecule has 0 atom stereocenters. The third-order valence-electron chi connectivity index (χ3n) is 2.24. The number of carbonyl (C=O) groups is 1. The van der Waals surface area contributed by atoms with Crippen LogP contribution in [0.5, 0.6) is 0 Å². The fraction of sp³-hybridized carbons (Fsp3) is 0.0769. The summed E-state index contributed by atoms with van der Waals surface area (Å²) in [5.74, 6) is -0.560. The molecule has 0 aliphatic carbocycles. The summed E-state index contributed by atoms with van der Waals surface area (Å²) in [5.41, 5.74) is 0.122. The second kappa shape index (κ2) is 6.11. The van der Waals surface area contributed by atoms with E-state index in [1.54, 1.807) is 24.4 Å². The van der Waals surface area contributed by atoms with Crippen LogP contribution in [0.2, 0.25) is 0 Å². The molecule has 2 rings (SSSR count). The second-order valence-corrected chi connectivity index (χ2v) is 5.30. The summed E-state index contributed by atoms with van der Waals surface area (Å²) in [6.07, 6.45) is 1.65. The van der Waals surface area contributed by atoms with E-state index in [2.05, 4.69) is 20.9 Å². The molecule has 0 spiro atoms. The second-order valence-electron chi connectivity index (χ2n) is 3.48. The Morgan fingerprint density at radius 3 is 2.78 bits per heavy atom. The lowest BCUT2D eigenvalue weighted by Gasteiger charge is -2.03. The van der Waals surface area contributed by atoms with Crippen LogP contribution >= 0.6 is 27.7 Å². The van der Waals surface area contributed by atoms with Gasteiger partial charge in [0, 0.05) is 10.7 Å². The van der Waals surface area contributed by atoms with Gasteiger partial charge in [-0.25, -0.2) is 9.37 Å². The summed E-state index contributed by atoms with van der Waals surface area (Å²) in [6, 6.07) is 9.64. The zero-order chi connectivity index (χ0) is 13.0. The van der Waals surface area contributed by atoms with E-state index >= 15 is 0 Å². The molecule has 0 aliphatic rings. The summed E-state index contributed by atoms with van der Waals surface area (Å²) < 4.78 is 14.2. The average Bonchev–Trinajstić information content (AvgIpc) is 2.38. The van der Waals surface area contributed by atoms with Crippen molar-refractivity contribution in [2.45, 2.75) is 5.03 Å². The van der Waals surface area contributed by atoms with Crippen LogP contribution in [0.4, 0.5) is 4.39 Å². The number of ketones is 1. The van der Waals surface area contributed by atoms with Crippen molar-refractivity contribution in [2.75, 3.05) is 5.75 Å². The summed E-state index contributed by atoms with van der Waals surface area (Å²) >= 11 is 4.63. The van der Waals surface area contributed by atoms with E-state index in [1.807, 2.05) is 6.07 Å². The van der Waals surface area contributed by atoms with Crippen LogP contribution in [0, 0.1) is 5.82 Å². The Morgan fingerprint density at radius 1 is 1.28 bits per heavy atom. The van der Waals surface area contributed by atoms with Gasteiger partial charge < -0.3 is 0 Å². The maximum absolute atomic E-state index is 13.4. The maximum atomic E-state index is 13.4. The molecule has 2 nitrogen and oxygen atoms in total. The summed E-state index contributed by atoms with van der Waals surface area (Å²) in [6.45, 7) is 0. The van der Waals surface area contributed by atoms with Gasteiger partial charge in [0.1, 0.15) is 10.8 Å². The van der Waals surface area contributed by atoms with Gasteiger partial charge in [0.15, 0.2) is 5.78 Å². The van der Waals surface area contributed by atoms with Gasteiger partial charge >= 0.3 is 0 Å². The van der Waals surface area contributed by atoms with Gasteiger partial charge in [-0.1, -0.05) is 23.9 Å². The molecule has 0 unspecified atom stereocenters. The Balaban J connectivity index is 2.06. The van der Waals surface area contributed by atoms with Crippen LogP contribution in [0.3, 0.4) is 0 Å². The van der Waals surface area contributed by atoms with Crippen LogP contribution in [0.15, 0.2) is 52.1 Å². The van der Waals surface area contributed by atoms with Crippen molar-refractivity contribution < 1.29 is 9.18 Å². The van der Waals surface area contributed by atoms with Crippen molar-refractivity contribution >= 4 is 33.5 Å². The Kier molecular flexibility index (Phi) is 4.49. The van der Waals surface area contributed by atoms with Gasteiger partial charge in [-0.15, -0.1) is 0 Å². The van der Waals surface area contributed by atoms with E-state index in [9.17, 15) is 9.18 Å². The third kappa shape index (κ3) is 3.17. The number of nitrogens with zero attached hydrogens (tertiary/aromatic N) is 1. The van der Waals surface area contributed by atoms with Gasteiger partial charge in [0.05, 0.1) is 11.3 Å². The molecule has 2 aromatic rings. The van der Waals surface area contributed by atoms with Crippen molar-refractivity contribution in [2.24, 2.45) is 0 Å². The fourth-order valence-corrected chi connectivity index (χ4v) is 2.74. The number of hydrogen-bond donors (Lipinski definition) is 0. The van der Waals surface area contributed by atoms with Crippen molar-refractivity contribution in [1.82, 2.24) is 4.98 Å². The molecule has 0 amide bonds. The van der Waals surface area contributed by atoms with Gasteiger partial charge in [0.25, 0.3) is 0 Å². The molecular formula is C13H9BrFNOS. The predicted molar refractivity (Wildman–Crippen MR) is 73.4 cm³/mol. The number of rotatable bonds is 4. The highest BCUT2D eigenvalue weighted by molar-refractivity contribution is 9.10. The quantitative estimate of drug-likeness (QED) is 0.629. The van der Waals surface area contributed by atoms with E-state index in [0.29, 0.717) is 0 Å². The Hall–Kier alpha value is -1.20. The van der Waals surface area contributed by atoms with E-state index < -0.39 is 5.82 Å². The lowest BCUT2D eigenvalue weighted by molar-refractivity contribution is 0.101. The normalized spacial score (nSPS) is 10.3. The topological polar surface area (TPSA) is 30.0 Å². The fourth-order valence-electron chi connectivity index (χ4n) is 1.38. The number of halogens is 2. The number of carbonyl (C=O) groups excluding carboxylic acids is 1. The standard InChI is InChI=1S/C13H9BrFNOS/c14-10-5-3-7-16-13(10)18-8-12(17)9-4-1-2-6-11(9)15/h1-7H,8H2. The molecule has 0 N–H and O–H groups in total. The zero-order valence-corrected chi connectivity index (χ0v) is 11.7. The SMILES string of the molecule is O=C(CSc1ncccc1Br)c1ccccc1F. The first-order valence-corrected chi connectivity index (χ1v) is 6.97. The molecule has 0 radical (unpaired) electrons. The van der Waals surface area contributed by atoms with Crippen LogP contribution in [0.25, 0.3) is 0 Å². The maximum Gasteiger partial charge on any atom is 0.176 e. The number of pyridine rings is 1. The molecule has 1 heterocycles. The number of Topliss-reactive ketones (excluding diaryl/α,β-unsaturated/α-hetero) is 1. The molecule has 0 bridgehead atoms. The number of hydrogen-bond acceptors (Lipinski definition) is 3. The third-order valence-corrected chi connectivity index (χ3v) is 4.15. The molecule has 5 heteroatoms. The molecule has 92 valence electrons. The van der Waals surface area contributed by atoms with Crippen molar-refractivity contribution in [3.8, 4) is 0 Å². The summed E-state index contributed by atoms with van der Waals surface area (Å²) in [7, 11) is 0. The van der Waals surface area contributed by atoms with E-state index in [-0.39, 0.29) is 17.1 Å². The van der Waals surface area contributed by atoms with Crippen molar-refractivity contribution in [1.29, 1.82) is 0 Å². The van der Waals surface area contributed by atoms with Crippen molar-refractivity contribution in [3.63, 3.8) is 0 Å². The monoisotopic (exact) mass is 325 g/mol. The minimum atomic E-state index is -0.483. The first-order valence-electron chi connectivity index (χ1n) is 5.19. The molecule has 0 saturated carbocycles. The van der Waals surface area contributed by atoms with Gasteiger partial charge in [-0.3, -0.25) is 4.79 Å². The van der Waals surface area contributed by atoms with E-state index in [1.165, 1.54) is 23.9 Å². The zero-order valence-electron chi connectivity index (χ0n) is 9.27. The Morgan fingerprint density at radius 2 is 2.06 bits per heavy atom. The minimum Gasteiger partial charge on any atom is -0.293 e. The summed E-state index contributed by atoms with van der Waals surface area (Å²) in [4.78, 5) is 16.0. The lowest BCUT2D eigenvalue weighted by Crippen LogP contribution is -2.05. The predicted octanol–water partition coefficient (Wildman–Crippen LogP) is 3.96. The number of aromatic nitrogens is 1. The van der Waals surface area contributed by atoms with Gasteiger partial charge in [-0.05, 0) is 40.2 Å². The number of benzene rings is 1.